The standard InChI is InChI=1S/C41H74NO12P/c1-3-5-7-9-11-12-13-14-15-16-17-18-19-20-21-23-25-27-29-34(44)33(42-35(45)30-32(43)28-26-24-22-10-8-6-4-2)31-53-55(51,52)54-41-39(49)37(47)36(46)38(48)40(41)50/h16-17,20-21,24,26-27,29,32-34,36-41,43-44,46-50H,3-15,18-19,22-23,25,28,30-31H2,1-2H3,(H,42,45)(H,51,52)/b17-16+,21-20+,26-24-,29-27+. The fourth-order valence-electron chi connectivity index (χ4n) is 6.15. The number of allylic oxidation sites excluding steroid dienone is 6. The molecule has 0 spiro atoms. The Kier molecular flexibility index (Phi) is 29.2. The van der Waals surface area contributed by atoms with Gasteiger partial charge in [0.15, 0.2) is 0 Å². The molecule has 9 N–H and O–H groups in total. The highest BCUT2D eigenvalue weighted by molar-refractivity contribution is 7.47. The topological polar surface area (TPSA) is 226 Å². The van der Waals surface area contributed by atoms with E-state index >= 15 is 0 Å². The Morgan fingerprint density at radius 3 is 1.62 bits per heavy atom. The minimum absolute atomic E-state index is 0.242. The maximum absolute atomic E-state index is 12.8. The van der Waals surface area contributed by atoms with Gasteiger partial charge >= 0.3 is 7.82 Å². The van der Waals surface area contributed by atoms with Crippen molar-refractivity contribution in [1.29, 1.82) is 0 Å². The second kappa shape index (κ2) is 31.3. The summed E-state index contributed by atoms with van der Waals surface area (Å²) in [4.78, 5) is 23.2. The molecule has 0 aromatic carbocycles. The van der Waals surface area contributed by atoms with Crippen LogP contribution in [0, 0.1) is 0 Å². The third kappa shape index (κ3) is 23.9. The zero-order valence-corrected chi connectivity index (χ0v) is 34.2. The Bertz CT molecular complexity index is 1130. The summed E-state index contributed by atoms with van der Waals surface area (Å²) in [6.07, 6.45) is 21.1. The molecule has 1 rings (SSSR count). The summed E-state index contributed by atoms with van der Waals surface area (Å²) in [7, 11) is -5.15. The summed E-state index contributed by atoms with van der Waals surface area (Å²) in [5.74, 6) is -0.647. The lowest BCUT2D eigenvalue weighted by atomic mass is 9.85. The van der Waals surface area contributed by atoms with Crippen molar-refractivity contribution in [3.05, 3.63) is 48.6 Å². The van der Waals surface area contributed by atoms with E-state index < -0.39 is 75.2 Å². The fraction of sp³-hybridized carbons (Fsp3) is 0.780. The molecule has 0 heterocycles. The van der Waals surface area contributed by atoms with Crippen LogP contribution in [-0.4, -0.2) is 108 Å². The second-order valence-corrected chi connectivity index (χ2v) is 16.1. The molecule has 8 unspecified atom stereocenters. The Labute approximate surface area is 329 Å². The molecule has 1 saturated carbocycles. The lowest BCUT2D eigenvalue weighted by Gasteiger charge is -2.41. The fourth-order valence-corrected chi connectivity index (χ4v) is 7.12. The molecule has 1 amide bonds. The van der Waals surface area contributed by atoms with Crippen LogP contribution in [0.15, 0.2) is 48.6 Å². The number of unbranched alkanes of at least 4 members (excludes halogenated alkanes) is 14. The molecular formula is C41H74NO12P. The molecule has 1 aliphatic carbocycles. The van der Waals surface area contributed by atoms with Crippen molar-refractivity contribution in [1.82, 2.24) is 5.32 Å². The summed E-state index contributed by atoms with van der Waals surface area (Å²) < 4.78 is 22.7. The van der Waals surface area contributed by atoms with Gasteiger partial charge in [-0.1, -0.05) is 127 Å². The Morgan fingerprint density at radius 1 is 0.636 bits per heavy atom. The van der Waals surface area contributed by atoms with Gasteiger partial charge in [-0.2, -0.15) is 0 Å². The molecule has 55 heavy (non-hydrogen) atoms. The second-order valence-electron chi connectivity index (χ2n) is 14.7. The maximum atomic E-state index is 12.8. The van der Waals surface area contributed by atoms with Gasteiger partial charge in [-0.3, -0.25) is 13.8 Å². The predicted molar refractivity (Wildman–Crippen MR) is 215 cm³/mol. The molecule has 0 saturated heterocycles. The molecular weight excluding hydrogens is 729 g/mol. The first kappa shape index (κ1) is 51.3. The van der Waals surface area contributed by atoms with Crippen LogP contribution in [0.25, 0.3) is 0 Å². The molecule has 0 bridgehead atoms. The molecule has 13 nitrogen and oxygen atoms in total. The van der Waals surface area contributed by atoms with Gasteiger partial charge in [0.05, 0.1) is 31.3 Å². The highest BCUT2D eigenvalue weighted by Crippen LogP contribution is 2.47. The van der Waals surface area contributed by atoms with Crippen LogP contribution >= 0.6 is 7.82 Å². The minimum atomic E-state index is -5.15. The average molecular weight is 804 g/mol. The van der Waals surface area contributed by atoms with Crippen molar-refractivity contribution in [2.75, 3.05) is 6.61 Å². The van der Waals surface area contributed by atoms with E-state index in [9.17, 15) is 50.0 Å². The molecule has 0 aliphatic heterocycles. The Hall–Kier alpha value is -1.74. The van der Waals surface area contributed by atoms with Gasteiger partial charge in [-0.25, -0.2) is 4.57 Å². The van der Waals surface area contributed by atoms with Crippen molar-refractivity contribution in [2.45, 2.75) is 197 Å². The number of carbonyl (C=O) groups excluding carboxylic acids is 1. The minimum Gasteiger partial charge on any atom is -0.392 e. The van der Waals surface area contributed by atoms with Crippen molar-refractivity contribution in [2.24, 2.45) is 0 Å². The lowest BCUT2D eigenvalue weighted by Crippen LogP contribution is -2.64. The van der Waals surface area contributed by atoms with Gasteiger partial charge in [-0.15, -0.1) is 0 Å². The summed E-state index contributed by atoms with van der Waals surface area (Å²) >= 11 is 0. The molecule has 14 heteroatoms. The average Bonchev–Trinajstić information content (AvgIpc) is 3.15. The zero-order valence-electron chi connectivity index (χ0n) is 33.3. The first-order valence-corrected chi connectivity index (χ1v) is 22.2. The number of hydrogen-bond donors (Lipinski definition) is 9. The molecule has 0 aromatic heterocycles. The highest BCUT2D eigenvalue weighted by Gasteiger charge is 2.51. The number of carbonyl (C=O) groups is 1. The van der Waals surface area contributed by atoms with Crippen LogP contribution in [0.2, 0.25) is 0 Å². The van der Waals surface area contributed by atoms with E-state index in [-0.39, 0.29) is 12.8 Å². The van der Waals surface area contributed by atoms with Crippen LogP contribution in [0.1, 0.15) is 142 Å². The molecule has 0 aromatic rings. The van der Waals surface area contributed by atoms with Gasteiger partial charge in [0, 0.05) is 0 Å². The van der Waals surface area contributed by atoms with Crippen LogP contribution in [0.3, 0.4) is 0 Å². The summed E-state index contributed by atoms with van der Waals surface area (Å²) in [6, 6.07) is -1.28. The Balaban J connectivity index is 2.66. The van der Waals surface area contributed by atoms with Crippen LogP contribution in [-0.2, 0) is 18.4 Å². The summed E-state index contributed by atoms with van der Waals surface area (Å²) in [6.45, 7) is 3.61. The molecule has 0 radical (unpaired) electrons. The van der Waals surface area contributed by atoms with Crippen molar-refractivity contribution < 1.29 is 59.0 Å². The van der Waals surface area contributed by atoms with Crippen LogP contribution in [0.4, 0.5) is 0 Å². The maximum Gasteiger partial charge on any atom is 0.472 e. The summed E-state index contributed by atoms with van der Waals surface area (Å²) in [5.41, 5.74) is 0. The first-order chi connectivity index (χ1) is 26.3. The SMILES string of the molecule is CCCCCC/C=C\CC(O)CC(=O)NC(COP(=O)(O)OC1C(O)C(O)C(O)C(O)C1O)C(O)/C=C/CC/C=C/CC/C=C/CCCCCCCCCC. The first-order valence-electron chi connectivity index (χ1n) is 20.7. The number of amides is 1. The Morgan fingerprint density at radius 2 is 1.07 bits per heavy atom. The molecule has 1 aliphatic rings. The van der Waals surface area contributed by atoms with Gasteiger partial charge in [0.1, 0.15) is 36.6 Å². The molecule has 1 fully saturated rings. The number of aliphatic hydroxyl groups excluding tert-OH is 7. The van der Waals surface area contributed by atoms with Crippen molar-refractivity contribution >= 4 is 13.7 Å². The van der Waals surface area contributed by atoms with E-state index in [1.54, 1.807) is 6.08 Å². The monoisotopic (exact) mass is 803 g/mol. The van der Waals surface area contributed by atoms with Gasteiger partial charge < -0.3 is 46.0 Å². The molecule has 320 valence electrons. The quantitative estimate of drug-likeness (QED) is 0.0231. The predicted octanol–water partition coefficient (Wildman–Crippen LogP) is 5.58. The third-order valence-corrected chi connectivity index (χ3v) is 10.6. The highest BCUT2D eigenvalue weighted by atomic mass is 31.2. The van der Waals surface area contributed by atoms with E-state index in [4.69, 9.17) is 9.05 Å². The van der Waals surface area contributed by atoms with E-state index in [1.165, 1.54) is 57.4 Å². The van der Waals surface area contributed by atoms with Gasteiger partial charge in [0.25, 0.3) is 0 Å². The number of phosphoric ester groups is 1. The summed E-state index contributed by atoms with van der Waals surface area (Å²) in [5, 5.41) is 73.9. The largest absolute Gasteiger partial charge is 0.472 e. The van der Waals surface area contributed by atoms with Crippen molar-refractivity contribution in [3.63, 3.8) is 0 Å². The normalized spacial score (nSPS) is 24.9. The number of rotatable bonds is 32. The van der Waals surface area contributed by atoms with Crippen LogP contribution in [0.5, 0.6) is 0 Å². The van der Waals surface area contributed by atoms with Gasteiger partial charge in [-0.05, 0) is 57.8 Å². The van der Waals surface area contributed by atoms with E-state index in [2.05, 4.69) is 37.4 Å². The number of phosphoric acid groups is 1. The number of hydrogen-bond acceptors (Lipinski definition) is 11. The zero-order chi connectivity index (χ0) is 40.9. The van der Waals surface area contributed by atoms with Crippen molar-refractivity contribution in [3.8, 4) is 0 Å². The lowest BCUT2D eigenvalue weighted by molar-refractivity contribution is -0.220. The van der Waals surface area contributed by atoms with Gasteiger partial charge in [0.2, 0.25) is 5.91 Å². The van der Waals surface area contributed by atoms with E-state index in [0.29, 0.717) is 12.8 Å². The molecule has 8 atom stereocenters. The van der Waals surface area contributed by atoms with Crippen LogP contribution < -0.4 is 5.32 Å². The van der Waals surface area contributed by atoms with E-state index in [0.717, 1.165) is 51.4 Å². The number of nitrogens with one attached hydrogen (secondary N) is 1. The third-order valence-electron chi connectivity index (χ3n) is 9.61. The number of aliphatic hydroxyl groups is 7. The van der Waals surface area contributed by atoms with E-state index in [1.807, 2.05) is 18.2 Å². The smallest absolute Gasteiger partial charge is 0.392 e.